The predicted molar refractivity (Wildman–Crippen MR) is 56.1 cm³/mol. The summed E-state index contributed by atoms with van der Waals surface area (Å²) in [5.74, 6) is 0. The van der Waals surface area contributed by atoms with E-state index in [2.05, 4.69) is 35.3 Å². The van der Waals surface area contributed by atoms with Crippen LogP contribution in [0.4, 0.5) is 0 Å². The van der Waals surface area contributed by atoms with E-state index < -0.39 is 0 Å². The summed E-state index contributed by atoms with van der Waals surface area (Å²) in [6, 6.07) is 6.61. The van der Waals surface area contributed by atoms with Crippen molar-refractivity contribution in [3.63, 3.8) is 0 Å². The molecular formula is C12H12N2. The topological polar surface area (TPSA) is 25.8 Å². The van der Waals surface area contributed by atoms with E-state index in [0.717, 1.165) is 0 Å². The van der Waals surface area contributed by atoms with Gasteiger partial charge in [0, 0.05) is 10.8 Å². The van der Waals surface area contributed by atoms with Gasteiger partial charge in [0.25, 0.3) is 0 Å². The van der Waals surface area contributed by atoms with Crippen LogP contribution in [-0.2, 0) is 5.41 Å². The Morgan fingerprint density at radius 1 is 1.07 bits per heavy atom. The van der Waals surface area contributed by atoms with Crippen LogP contribution in [-0.4, -0.2) is 10.2 Å². The molecule has 3 rings (SSSR count). The van der Waals surface area contributed by atoms with Gasteiger partial charge in [0.1, 0.15) is 0 Å². The molecule has 0 bridgehead atoms. The van der Waals surface area contributed by atoms with Crippen molar-refractivity contribution in [2.45, 2.75) is 25.2 Å². The quantitative estimate of drug-likeness (QED) is 0.681. The van der Waals surface area contributed by atoms with Gasteiger partial charge >= 0.3 is 0 Å². The van der Waals surface area contributed by atoms with Crippen molar-refractivity contribution < 1.29 is 0 Å². The Kier molecular flexibility index (Phi) is 1.43. The van der Waals surface area contributed by atoms with Crippen LogP contribution in [0.15, 0.2) is 30.6 Å². The first-order valence-corrected chi connectivity index (χ1v) is 4.99. The molecular weight excluding hydrogens is 172 g/mol. The summed E-state index contributed by atoms with van der Waals surface area (Å²) in [6.45, 7) is 2.32. The molecule has 0 radical (unpaired) electrons. The lowest BCUT2D eigenvalue weighted by Crippen LogP contribution is -1.98. The van der Waals surface area contributed by atoms with Gasteiger partial charge in [-0.2, -0.15) is 10.2 Å². The molecule has 1 heterocycles. The van der Waals surface area contributed by atoms with Crippen molar-refractivity contribution >= 4 is 10.8 Å². The van der Waals surface area contributed by atoms with Crippen LogP contribution in [0.1, 0.15) is 25.3 Å². The smallest absolute Gasteiger partial charge is 0.0574 e. The Balaban J connectivity index is 2.20. The molecule has 0 N–H and O–H groups in total. The fourth-order valence-electron chi connectivity index (χ4n) is 1.85. The maximum absolute atomic E-state index is 3.91. The maximum Gasteiger partial charge on any atom is 0.0574 e. The lowest BCUT2D eigenvalue weighted by atomic mass is 9.96. The summed E-state index contributed by atoms with van der Waals surface area (Å²) in [5, 5.41) is 10.2. The van der Waals surface area contributed by atoms with Crippen LogP contribution < -0.4 is 0 Å². The van der Waals surface area contributed by atoms with Crippen LogP contribution in [0.5, 0.6) is 0 Å². The predicted octanol–water partition coefficient (Wildman–Crippen LogP) is 2.68. The van der Waals surface area contributed by atoms with Crippen molar-refractivity contribution in [3.05, 3.63) is 36.2 Å². The summed E-state index contributed by atoms with van der Waals surface area (Å²) in [7, 11) is 0. The molecule has 0 amide bonds. The fourth-order valence-corrected chi connectivity index (χ4v) is 1.85. The summed E-state index contributed by atoms with van der Waals surface area (Å²) < 4.78 is 0. The molecule has 1 aromatic heterocycles. The first-order valence-electron chi connectivity index (χ1n) is 4.99. The number of hydrogen-bond acceptors (Lipinski definition) is 2. The standard InChI is InChI=1S/C12H12N2/c1-12(4-5-12)11-3-2-9-7-13-14-8-10(9)6-11/h2-3,6-8H,4-5H2,1H3. The van der Waals surface area contributed by atoms with Crippen LogP contribution >= 0.6 is 0 Å². The minimum atomic E-state index is 0.442. The average Bonchev–Trinajstić information content (AvgIpc) is 2.97. The minimum Gasteiger partial charge on any atom is -0.158 e. The normalized spacial score (nSPS) is 18.4. The van der Waals surface area contributed by atoms with E-state index in [1.807, 2.05) is 12.4 Å². The molecule has 0 saturated heterocycles. The molecule has 0 spiro atoms. The maximum atomic E-state index is 3.91. The SMILES string of the molecule is CC1(c2ccc3cnncc3c2)CC1. The average molecular weight is 184 g/mol. The van der Waals surface area contributed by atoms with Crippen molar-refractivity contribution in [2.24, 2.45) is 0 Å². The van der Waals surface area contributed by atoms with Crippen molar-refractivity contribution in [3.8, 4) is 0 Å². The van der Waals surface area contributed by atoms with Gasteiger partial charge in [0.05, 0.1) is 12.4 Å². The van der Waals surface area contributed by atoms with E-state index in [1.165, 1.54) is 29.2 Å². The summed E-state index contributed by atoms with van der Waals surface area (Å²) in [5.41, 5.74) is 1.88. The second-order valence-electron chi connectivity index (χ2n) is 4.39. The second-order valence-corrected chi connectivity index (χ2v) is 4.39. The van der Waals surface area contributed by atoms with Crippen LogP contribution in [0.2, 0.25) is 0 Å². The van der Waals surface area contributed by atoms with Gasteiger partial charge in [-0.15, -0.1) is 0 Å². The number of rotatable bonds is 1. The van der Waals surface area contributed by atoms with Crippen LogP contribution in [0.3, 0.4) is 0 Å². The van der Waals surface area contributed by atoms with E-state index in [9.17, 15) is 0 Å². The van der Waals surface area contributed by atoms with Gasteiger partial charge in [0.15, 0.2) is 0 Å². The molecule has 2 heteroatoms. The molecule has 0 aliphatic heterocycles. The largest absolute Gasteiger partial charge is 0.158 e. The highest BCUT2D eigenvalue weighted by atomic mass is 15.1. The molecule has 1 aliphatic carbocycles. The van der Waals surface area contributed by atoms with Crippen molar-refractivity contribution in [1.82, 2.24) is 10.2 Å². The second kappa shape index (κ2) is 2.53. The zero-order valence-corrected chi connectivity index (χ0v) is 8.20. The number of fused-ring (bicyclic) bond motifs is 1. The Hall–Kier alpha value is -1.44. The highest BCUT2D eigenvalue weighted by molar-refractivity contribution is 5.81. The lowest BCUT2D eigenvalue weighted by Gasteiger charge is -2.08. The van der Waals surface area contributed by atoms with Gasteiger partial charge in [0.2, 0.25) is 0 Å². The zero-order valence-electron chi connectivity index (χ0n) is 8.20. The number of benzene rings is 1. The monoisotopic (exact) mass is 184 g/mol. The highest BCUT2D eigenvalue weighted by Crippen LogP contribution is 2.47. The first kappa shape index (κ1) is 7.92. The van der Waals surface area contributed by atoms with E-state index in [0.29, 0.717) is 5.41 Å². The van der Waals surface area contributed by atoms with Crippen LogP contribution in [0, 0.1) is 0 Å². The Morgan fingerprint density at radius 3 is 2.50 bits per heavy atom. The van der Waals surface area contributed by atoms with Crippen molar-refractivity contribution in [1.29, 1.82) is 0 Å². The third kappa shape index (κ3) is 1.10. The Bertz CT molecular complexity index is 486. The molecule has 0 atom stereocenters. The molecule has 2 aromatic rings. The molecule has 70 valence electrons. The third-order valence-electron chi connectivity index (χ3n) is 3.24. The summed E-state index contributed by atoms with van der Waals surface area (Å²) in [4.78, 5) is 0. The highest BCUT2D eigenvalue weighted by Gasteiger charge is 2.38. The van der Waals surface area contributed by atoms with E-state index in [-0.39, 0.29) is 0 Å². The summed E-state index contributed by atoms with van der Waals surface area (Å²) in [6.07, 6.45) is 6.28. The lowest BCUT2D eigenvalue weighted by molar-refractivity contribution is 0.789. The number of hydrogen-bond donors (Lipinski definition) is 0. The van der Waals surface area contributed by atoms with Crippen molar-refractivity contribution in [2.75, 3.05) is 0 Å². The van der Waals surface area contributed by atoms with Gasteiger partial charge in [-0.3, -0.25) is 0 Å². The van der Waals surface area contributed by atoms with E-state index in [1.54, 1.807) is 0 Å². The van der Waals surface area contributed by atoms with E-state index >= 15 is 0 Å². The number of nitrogens with zero attached hydrogens (tertiary/aromatic N) is 2. The molecule has 0 unspecified atom stereocenters. The Morgan fingerprint density at radius 2 is 1.79 bits per heavy atom. The Labute approximate surface area is 83.0 Å². The van der Waals surface area contributed by atoms with Gasteiger partial charge < -0.3 is 0 Å². The van der Waals surface area contributed by atoms with E-state index in [4.69, 9.17) is 0 Å². The number of aromatic nitrogens is 2. The molecule has 14 heavy (non-hydrogen) atoms. The minimum absolute atomic E-state index is 0.442. The molecule has 1 aromatic carbocycles. The first-order chi connectivity index (χ1) is 6.78. The molecule has 2 nitrogen and oxygen atoms in total. The van der Waals surface area contributed by atoms with Crippen LogP contribution in [0.25, 0.3) is 10.8 Å². The van der Waals surface area contributed by atoms with Gasteiger partial charge in [-0.1, -0.05) is 19.1 Å². The molecule has 1 fully saturated rings. The summed E-state index contributed by atoms with van der Waals surface area (Å²) >= 11 is 0. The molecule has 1 saturated carbocycles. The van der Waals surface area contributed by atoms with Gasteiger partial charge in [-0.25, -0.2) is 0 Å². The van der Waals surface area contributed by atoms with Gasteiger partial charge in [-0.05, 0) is 29.9 Å². The fraction of sp³-hybridized carbons (Fsp3) is 0.333. The molecule has 1 aliphatic rings. The third-order valence-corrected chi connectivity index (χ3v) is 3.24. The zero-order chi connectivity index (χ0) is 9.60.